The second kappa shape index (κ2) is 9.23. The van der Waals surface area contributed by atoms with Crippen LogP contribution in [0.25, 0.3) is 55.6 Å². The molecule has 0 unspecified atom stereocenters. The summed E-state index contributed by atoms with van der Waals surface area (Å²) in [5.41, 5.74) is 24.7. The van der Waals surface area contributed by atoms with Gasteiger partial charge in [0.25, 0.3) is 0 Å². The average molecular weight is 607 g/mol. The Morgan fingerprint density at radius 2 is 0.681 bits per heavy atom. The first kappa shape index (κ1) is 28.5. The van der Waals surface area contributed by atoms with Crippen molar-refractivity contribution in [2.75, 3.05) is 0 Å². The smallest absolute Gasteiger partial charge is 0.0159 e. The zero-order valence-electron chi connectivity index (χ0n) is 28.9. The minimum Gasteiger partial charge on any atom is -0.0619 e. The van der Waals surface area contributed by atoms with E-state index in [1.807, 2.05) is 0 Å². The third-order valence-corrected chi connectivity index (χ3v) is 12.2. The van der Waals surface area contributed by atoms with Crippen LogP contribution in [0.2, 0.25) is 0 Å². The molecule has 0 atom stereocenters. The lowest BCUT2D eigenvalue weighted by atomic mass is 9.79. The molecule has 0 nitrogen and oxygen atoms in total. The van der Waals surface area contributed by atoms with E-state index in [1.54, 1.807) is 0 Å². The maximum atomic E-state index is 2.49. The van der Waals surface area contributed by atoms with Crippen molar-refractivity contribution >= 4 is 0 Å². The SMILES string of the molecule is Cc1cc2c(cc1-c1ccc3c(c1)C(C)(C)c1ccccc1-3)-c1ccc(-c3cc4c(cc3C)-c3ccccc3C4(C)C)cc1C2(C)C. The summed E-state index contributed by atoms with van der Waals surface area (Å²) >= 11 is 0. The van der Waals surface area contributed by atoms with E-state index in [-0.39, 0.29) is 16.2 Å². The quantitative estimate of drug-likeness (QED) is 0.184. The molecule has 0 saturated heterocycles. The van der Waals surface area contributed by atoms with Crippen molar-refractivity contribution in [1.82, 2.24) is 0 Å². The van der Waals surface area contributed by atoms with E-state index < -0.39 is 0 Å². The van der Waals surface area contributed by atoms with Crippen LogP contribution >= 0.6 is 0 Å². The van der Waals surface area contributed by atoms with Gasteiger partial charge >= 0.3 is 0 Å². The summed E-state index contributed by atoms with van der Waals surface area (Å²) in [6, 6.07) is 42.1. The van der Waals surface area contributed by atoms with Crippen molar-refractivity contribution in [3.8, 4) is 55.6 Å². The molecule has 3 aliphatic rings. The van der Waals surface area contributed by atoms with Gasteiger partial charge < -0.3 is 0 Å². The van der Waals surface area contributed by atoms with Crippen molar-refractivity contribution < 1.29 is 0 Å². The summed E-state index contributed by atoms with van der Waals surface area (Å²) in [6.07, 6.45) is 0. The number of aryl methyl sites for hydroxylation is 2. The molecule has 0 aliphatic heterocycles. The molecule has 0 bridgehead atoms. The fraction of sp³-hybridized carbons (Fsp3) is 0.234. The topological polar surface area (TPSA) is 0 Å². The van der Waals surface area contributed by atoms with Gasteiger partial charge in [0.2, 0.25) is 0 Å². The Morgan fingerprint density at radius 1 is 0.298 bits per heavy atom. The van der Waals surface area contributed by atoms with Gasteiger partial charge in [-0.15, -0.1) is 0 Å². The lowest BCUT2D eigenvalue weighted by Gasteiger charge is -2.24. The monoisotopic (exact) mass is 606 g/mol. The number of hydrogen-bond donors (Lipinski definition) is 0. The molecule has 230 valence electrons. The second-order valence-electron chi connectivity index (χ2n) is 15.9. The lowest BCUT2D eigenvalue weighted by molar-refractivity contribution is 0.659. The fourth-order valence-corrected chi connectivity index (χ4v) is 9.41. The van der Waals surface area contributed by atoms with Crippen LogP contribution in [0.15, 0.2) is 109 Å². The molecule has 0 radical (unpaired) electrons. The van der Waals surface area contributed by atoms with E-state index in [2.05, 4.69) is 165 Å². The van der Waals surface area contributed by atoms with E-state index in [9.17, 15) is 0 Å². The van der Waals surface area contributed by atoms with Crippen molar-refractivity contribution in [3.63, 3.8) is 0 Å². The zero-order valence-corrected chi connectivity index (χ0v) is 28.9. The van der Waals surface area contributed by atoms with Gasteiger partial charge in [-0.2, -0.15) is 0 Å². The Hall–Kier alpha value is -4.68. The maximum Gasteiger partial charge on any atom is 0.0159 e. The van der Waals surface area contributed by atoms with Gasteiger partial charge in [-0.05, 0) is 138 Å². The highest BCUT2D eigenvalue weighted by molar-refractivity contribution is 5.91. The molecule has 6 aromatic rings. The highest BCUT2D eigenvalue weighted by Crippen LogP contribution is 2.54. The Bertz CT molecular complexity index is 2340. The molecule has 0 spiro atoms. The highest BCUT2D eigenvalue weighted by Gasteiger charge is 2.39. The van der Waals surface area contributed by atoms with Crippen LogP contribution in [0.1, 0.15) is 86.1 Å². The van der Waals surface area contributed by atoms with Crippen LogP contribution in [-0.4, -0.2) is 0 Å². The molecule has 47 heavy (non-hydrogen) atoms. The zero-order chi connectivity index (χ0) is 32.6. The van der Waals surface area contributed by atoms with Gasteiger partial charge in [-0.1, -0.05) is 126 Å². The first-order valence-corrected chi connectivity index (χ1v) is 17.2. The molecule has 0 amide bonds. The standard InChI is InChI=1S/C47H42/c1-27-21-37-32-14-10-12-16-40(32)46(5,6)44(37)26-36(27)30-18-20-34-38-25-35(28(2)22-41(38)47(7,8)43(34)24-30)29-17-19-33-31-13-9-11-15-39(31)45(3,4)42(33)23-29/h9-26H,1-8H3. The van der Waals surface area contributed by atoms with Crippen LogP contribution in [-0.2, 0) is 16.2 Å². The van der Waals surface area contributed by atoms with E-state index in [0.29, 0.717) is 0 Å². The minimum absolute atomic E-state index is 0.00868. The Labute approximate surface area is 280 Å². The fourth-order valence-electron chi connectivity index (χ4n) is 9.41. The highest BCUT2D eigenvalue weighted by atomic mass is 14.4. The molecule has 0 fully saturated rings. The normalized spacial score (nSPS) is 16.6. The van der Waals surface area contributed by atoms with Gasteiger partial charge in [0, 0.05) is 16.2 Å². The summed E-state index contributed by atoms with van der Waals surface area (Å²) in [6.45, 7) is 18.9. The van der Waals surface area contributed by atoms with Gasteiger partial charge in [-0.25, -0.2) is 0 Å². The molecule has 9 rings (SSSR count). The molecule has 0 heteroatoms. The van der Waals surface area contributed by atoms with Crippen molar-refractivity contribution in [2.24, 2.45) is 0 Å². The Balaban J connectivity index is 1.15. The third-order valence-electron chi connectivity index (χ3n) is 12.2. The van der Waals surface area contributed by atoms with Crippen molar-refractivity contribution in [3.05, 3.63) is 154 Å². The summed E-state index contributed by atoms with van der Waals surface area (Å²) < 4.78 is 0. The molecule has 3 aliphatic carbocycles. The first-order chi connectivity index (χ1) is 22.4. The molecule has 0 N–H and O–H groups in total. The Morgan fingerprint density at radius 3 is 1.28 bits per heavy atom. The van der Waals surface area contributed by atoms with E-state index in [4.69, 9.17) is 0 Å². The number of fused-ring (bicyclic) bond motifs is 9. The predicted octanol–water partition coefficient (Wildman–Crippen LogP) is 12.6. The molecule has 0 saturated carbocycles. The van der Waals surface area contributed by atoms with Crippen molar-refractivity contribution in [1.29, 1.82) is 0 Å². The van der Waals surface area contributed by atoms with Gasteiger partial charge in [0.1, 0.15) is 0 Å². The van der Waals surface area contributed by atoms with Gasteiger partial charge in [0.05, 0.1) is 0 Å². The van der Waals surface area contributed by atoms with E-state index in [0.717, 1.165) is 0 Å². The maximum absolute atomic E-state index is 2.49. The summed E-state index contributed by atoms with van der Waals surface area (Å²) in [7, 11) is 0. The summed E-state index contributed by atoms with van der Waals surface area (Å²) in [5, 5.41) is 0. The summed E-state index contributed by atoms with van der Waals surface area (Å²) in [5.74, 6) is 0. The minimum atomic E-state index is -0.0777. The van der Waals surface area contributed by atoms with Crippen LogP contribution in [0.5, 0.6) is 0 Å². The number of hydrogen-bond acceptors (Lipinski definition) is 0. The number of benzene rings is 6. The van der Waals surface area contributed by atoms with E-state index in [1.165, 1.54) is 100 Å². The van der Waals surface area contributed by atoms with Gasteiger partial charge in [-0.3, -0.25) is 0 Å². The van der Waals surface area contributed by atoms with Gasteiger partial charge in [0.15, 0.2) is 0 Å². The number of rotatable bonds is 2. The Kier molecular flexibility index (Phi) is 5.60. The first-order valence-electron chi connectivity index (χ1n) is 17.2. The van der Waals surface area contributed by atoms with Crippen LogP contribution in [0.3, 0.4) is 0 Å². The molecule has 0 heterocycles. The van der Waals surface area contributed by atoms with E-state index >= 15 is 0 Å². The molecular formula is C47H42. The average Bonchev–Trinajstić information content (AvgIpc) is 3.52. The lowest BCUT2D eigenvalue weighted by Crippen LogP contribution is -2.16. The van der Waals surface area contributed by atoms with Crippen LogP contribution in [0, 0.1) is 13.8 Å². The third kappa shape index (κ3) is 3.70. The molecule has 6 aromatic carbocycles. The predicted molar refractivity (Wildman–Crippen MR) is 199 cm³/mol. The van der Waals surface area contributed by atoms with Crippen LogP contribution in [0.4, 0.5) is 0 Å². The van der Waals surface area contributed by atoms with Crippen molar-refractivity contribution in [2.45, 2.75) is 71.6 Å². The largest absolute Gasteiger partial charge is 0.0619 e. The molecular weight excluding hydrogens is 565 g/mol. The van der Waals surface area contributed by atoms with Crippen LogP contribution < -0.4 is 0 Å². The summed E-state index contributed by atoms with van der Waals surface area (Å²) in [4.78, 5) is 0. The second-order valence-corrected chi connectivity index (χ2v) is 15.9. The molecule has 0 aromatic heterocycles.